The first-order valence-corrected chi connectivity index (χ1v) is 13.6. The molecular formula is C25H32N4S2. The lowest BCUT2D eigenvalue weighted by molar-refractivity contribution is 0.294. The summed E-state index contributed by atoms with van der Waals surface area (Å²) in [7, 11) is 0. The van der Waals surface area contributed by atoms with Gasteiger partial charge in [-0.15, -0.1) is 11.3 Å². The number of hydrogen-bond donors (Lipinski definition) is 1. The normalized spacial score (nSPS) is 18.1. The van der Waals surface area contributed by atoms with Gasteiger partial charge in [-0.25, -0.2) is 4.98 Å². The van der Waals surface area contributed by atoms with E-state index in [2.05, 4.69) is 68.7 Å². The summed E-state index contributed by atoms with van der Waals surface area (Å²) >= 11 is 3.85. The van der Waals surface area contributed by atoms with E-state index in [-0.39, 0.29) is 0 Å². The van der Waals surface area contributed by atoms with Gasteiger partial charge in [0, 0.05) is 43.2 Å². The summed E-state index contributed by atoms with van der Waals surface area (Å²) in [5, 5.41) is 5.86. The van der Waals surface area contributed by atoms with Gasteiger partial charge in [-0.1, -0.05) is 24.3 Å². The number of thioether (sulfide) groups is 1. The predicted octanol–water partition coefficient (Wildman–Crippen LogP) is 5.41. The van der Waals surface area contributed by atoms with Crippen LogP contribution in [0.15, 0.2) is 41.8 Å². The molecule has 0 amide bonds. The number of likely N-dealkylation sites (tertiary alicyclic amines) is 1. The fourth-order valence-electron chi connectivity index (χ4n) is 4.57. The van der Waals surface area contributed by atoms with Gasteiger partial charge in [0.15, 0.2) is 0 Å². The minimum absolute atomic E-state index is 1.01. The number of nitrogens with one attached hydrogen (secondary N) is 1. The quantitative estimate of drug-likeness (QED) is 0.462. The van der Waals surface area contributed by atoms with E-state index in [1.54, 1.807) is 11.3 Å². The third kappa shape index (κ3) is 5.43. The molecule has 2 saturated heterocycles. The summed E-state index contributed by atoms with van der Waals surface area (Å²) in [5.74, 6) is 2.52. The maximum absolute atomic E-state index is 4.95. The Morgan fingerprint density at radius 1 is 0.935 bits per heavy atom. The van der Waals surface area contributed by atoms with Crippen LogP contribution in [-0.4, -0.2) is 65.6 Å². The molecule has 2 fully saturated rings. The average Bonchev–Trinajstić information content (AvgIpc) is 3.50. The number of anilines is 1. The lowest BCUT2D eigenvalue weighted by Crippen LogP contribution is -2.31. The Balaban J connectivity index is 1.26. The molecule has 0 unspecified atom stereocenters. The van der Waals surface area contributed by atoms with Gasteiger partial charge in [-0.2, -0.15) is 11.8 Å². The van der Waals surface area contributed by atoms with Gasteiger partial charge >= 0.3 is 0 Å². The third-order valence-corrected chi connectivity index (χ3v) is 8.22. The van der Waals surface area contributed by atoms with Crippen molar-refractivity contribution in [2.75, 3.05) is 56.1 Å². The van der Waals surface area contributed by atoms with E-state index < -0.39 is 0 Å². The molecule has 6 heteroatoms. The van der Waals surface area contributed by atoms with Crippen LogP contribution < -0.4 is 5.32 Å². The molecule has 0 bridgehead atoms. The number of nitrogens with zero attached hydrogens (tertiary/aromatic N) is 3. The first-order valence-electron chi connectivity index (χ1n) is 11.6. The van der Waals surface area contributed by atoms with Crippen LogP contribution in [0.2, 0.25) is 0 Å². The monoisotopic (exact) mass is 452 g/mol. The van der Waals surface area contributed by atoms with Crippen molar-refractivity contribution in [3.8, 4) is 11.3 Å². The topological polar surface area (TPSA) is 31.4 Å². The SMILES string of the molecule is c1cc2nc(-c3ccc(CN4CCSCC4)cc3)cc(NCCCN3CCCC3)c2s1. The Labute approximate surface area is 194 Å². The zero-order chi connectivity index (χ0) is 20.9. The van der Waals surface area contributed by atoms with Crippen molar-refractivity contribution in [1.82, 2.24) is 14.8 Å². The van der Waals surface area contributed by atoms with E-state index in [1.165, 1.54) is 85.0 Å². The number of aromatic nitrogens is 1. The number of thiophene rings is 1. The summed E-state index contributed by atoms with van der Waals surface area (Å²) in [6.07, 6.45) is 3.92. The van der Waals surface area contributed by atoms with Gasteiger partial charge in [-0.3, -0.25) is 4.90 Å². The minimum Gasteiger partial charge on any atom is -0.384 e. The van der Waals surface area contributed by atoms with E-state index in [9.17, 15) is 0 Å². The second kappa shape index (κ2) is 10.3. The lowest BCUT2D eigenvalue weighted by Gasteiger charge is -2.26. The minimum atomic E-state index is 1.01. The van der Waals surface area contributed by atoms with E-state index in [1.807, 2.05) is 0 Å². The van der Waals surface area contributed by atoms with Crippen molar-refractivity contribution in [3.63, 3.8) is 0 Å². The molecule has 5 rings (SSSR count). The highest BCUT2D eigenvalue weighted by atomic mass is 32.2. The number of pyridine rings is 1. The Morgan fingerprint density at radius 3 is 2.55 bits per heavy atom. The number of fused-ring (bicyclic) bond motifs is 1. The Kier molecular flexibility index (Phi) is 7.09. The molecule has 0 radical (unpaired) electrons. The van der Waals surface area contributed by atoms with Crippen molar-refractivity contribution < 1.29 is 0 Å². The van der Waals surface area contributed by atoms with Crippen LogP contribution in [0.1, 0.15) is 24.8 Å². The molecule has 4 heterocycles. The molecule has 1 N–H and O–H groups in total. The summed E-state index contributed by atoms with van der Waals surface area (Å²) in [6.45, 7) is 8.24. The molecule has 0 atom stereocenters. The smallest absolute Gasteiger partial charge is 0.0838 e. The second-order valence-electron chi connectivity index (χ2n) is 8.60. The van der Waals surface area contributed by atoms with E-state index in [0.717, 1.165) is 24.3 Å². The highest BCUT2D eigenvalue weighted by Crippen LogP contribution is 2.32. The summed E-state index contributed by atoms with van der Waals surface area (Å²) in [5.41, 5.74) is 5.98. The summed E-state index contributed by atoms with van der Waals surface area (Å²) in [4.78, 5) is 10.1. The molecule has 164 valence electrons. The first kappa shape index (κ1) is 21.3. The third-order valence-electron chi connectivity index (χ3n) is 6.34. The van der Waals surface area contributed by atoms with Gasteiger partial charge in [-0.05, 0) is 62.0 Å². The van der Waals surface area contributed by atoms with Crippen LogP contribution in [0, 0.1) is 0 Å². The standard InChI is InChI=1S/C25H32N4S2/c1-2-11-28(10-1)12-3-9-26-24-18-23(27-22-8-15-31-25(22)24)21-6-4-20(5-7-21)19-29-13-16-30-17-14-29/h4-8,15,18H,1-3,9-14,16-17,19H2,(H,26,27). The van der Waals surface area contributed by atoms with Crippen molar-refractivity contribution >= 4 is 39.0 Å². The van der Waals surface area contributed by atoms with Gasteiger partial charge in [0.05, 0.1) is 21.6 Å². The number of benzene rings is 1. The van der Waals surface area contributed by atoms with Crippen molar-refractivity contribution in [3.05, 3.63) is 47.3 Å². The first-order chi connectivity index (χ1) is 15.3. The van der Waals surface area contributed by atoms with Crippen LogP contribution in [0.25, 0.3) is 21.5 Å². The fourth-order valence-corrected chi connectivity index (χ4v) is 6.37. The molecule has 0 saturated carbocycles. The number of rotatable bonds is 8. The maximum atomic E-state index is 4.95. The zero-order valence-electron chi connectivity index (χ0n) is 18.2. The van der Waals surface area contributed by atoms with Crippen molar-refractivity contribution in [2.24, 2.45) is 0 Å². The molecule has 0 spiro atoms. The largest absolute Gasteiger partial charge is 0.384 e. The predicted molar refractivity (Wildman–Crippen MR) is 136 cm³/mol. The van der Waals surface area contributed by atoms with Crippen molar-refractivity contribution in [2.45, 2.75) is 25.8 Å². The van der Waals surface area contributed by atoms with Crippen LogP contribution in [0.4, 0.5) is 5.69 Å². The van der Waals surface area contributed by atoms with Crippen LogP contribution in [-0.2, 0) is 6.54 Å². The summed E-state index contributed by atoms with van der Waals surface area (Å²) in [6, 6.07) is 13.4. The van der Waals surface area contributed by atoms with Gasteiger partial charge in [0.25, 0.3) is 0 Å². The maximum Gasteiger partial charge on any atom is 0.0838 e. The van der Waals surface area contributed by atoms with Gasteiger partial charge in [0.1, 0.15) is 0 Å². The molecule has 31 heavy (non-hydrogen) atoms. The Morgan fingerprint density at radius 2 is 1.74 bits per heavy atom. The number of hydrogen-bond acceptors (Lipinski definition) is 6. The Bertz CT molecular complexity index is 973. The van der Waals surface area contributed by atoms with E-state index in [4.69, 9.17) is 4.98 Å². The van der Waals surface area contributed by atoms with Gasteiger partial charge < -0.3 is 10.2 Å². The molecular weight excluding hydrogens is 420 g/mol. The highest BCUT2D eigenvalue weighted by molar-refractivity contribution is 7.99. The van der Waals surface area contributed by atoms with Gasteiger partial charge in [0.2, 0.25) is 0 Å². The van der Waals surface area contributed by atoms with Crippen molar-refractivity contribution in [1.29, 1.82) is 0 Å². The lowest BCUT2D eigenvalue weighted by atomic mass is 10.1. The fraction of sp³-hybridized carbons (Fsp3) is 0.480. The molecule has 4 nitrogen and oxygen atoms in total. The molecule has 2 aliphatic rings. The van der Waals surface area contributed by atoms with Crippen LogP contribution >= 0.6 is 23.1 Å². The molecule has 3 aromatic rings. The molecule has 0 aliphatic carbocycles. The van der Waals surface area contributed by atoms with E-state index >= 15 is 0 Å². The van der Waals surface area contributed by atoms with E-state index in [0.29, 0.717) is 0 Å². The Hall–Kier alpha value is -1.60. The molecule has 2 aliphatic heterocycles. The van der Waals surface area contributed by atoms with Crippen LogP contribution in [0.5, 0.6) is 0 Å². The molecule has 1 aromatic carbocycles. The average molecular weight is 453 g/mol. The second-order valence-corrected chi connectivity index (χ2v) is 10.7. The molecule has 2 aromatic heterocycles. The van der Waals surface area contributed by atoms with Crippen LogP contribution in [0.3, 0.4) is 0 Å². The zero-order valence-corrected chi connectivity index (χ0v) is 19.8. The highest BCUT2D eigenvalue weighted by Gasteiger charge is 2.13. The summed E-state index contributed by atoms with van der Waals surface area (Å²) < 4.78 is 1.27.